The molecule has 11 heteroatoms. The zero-order valence-corrected chi connectivity index (χ0v) is 37.6. The fourth-order valence-electron chi connectivity index (χ4n) is 11.5. The van der Waals surface area contributed by atoms with Crippen molar-refractivity contribution >= 4 is 181 Å². The maximum atomic E-state index is 6.51. The Morgan fingerprint density at radius 3 is 1.54 bits per heavy atom. The molecular formula is C54H39B7N2O2. The van der Waals surface area contributed by atoms with Crippen molar-refractivity contribution in [2.24, 2.45) is 0 Å². The van der Waals surface area contributed by atoms with E-state index < -0.39 is 0 Å². The summed E-state index contributed by atoms with van der Waals surface area (Å²) >= 11 is 0. The molecule has 0 unspecified atom stereocenters. The second-order valence-electron chi connectivity index (χ2n) is 18.2. The molecule has 9 aromatic carbocycles. The number of aromatic nitrogens is 2. The van der Waals surface area contributed by atoms with Crippen molar-refractivity contribution in [1.82, 2.24) is 9.13 Å². The summed E-state index contributed by atoms with van der Waals surface area (Å²) in [6.07, 6.45) is 0. The van der Waals surface area contributed by atoms with Gasteiger partial charge >= 0.3 is 0 Å². The third-order valence-corrected chi connectivity index (χ3v) is 15.0. The molecule has 65 heavy (non-hydrogen) atoms. The van der Waals surface area contributed by atoms with Gasteiger partial charge in [0.15, 0.2) is 0 Å². The van der Waals surface area contributed by atoms with Crippen LogP contribution < -0.4 is 38.2 Å². The van der Waals surface area contributed by atoms with Crippen LogP contribution in [0.5, 0.6) is 0 Å². The highest BCUT2D eigenvalue weighted by Gasteiger charge is 2.26. The van der Waals surface area contributed by atoms with E-state index in [1.165, 1.54) is 93.1 Å². The molecule has 0 N–H and O–H groups in total. The molecule has 298 valence electrons. The van der Waals surface area contributed by atoms with E-state index in [1.54, 1.807) is 0 Å². The van der Waals surface area contributed by atoms with E-state index in [0.29, 0.717) is 0 Å². The standard InChI is InChI=1S/C54H39B7N2O2/c55-46-42(47(56)51(60)53-44(46)45-48(57)49(58)50(59)52(61)54(45)63(53)29-19-21-34-32-12-5-7-16-39(32)65-41(34)25-29)27-17-22-36-35(23-27)43-30(26-9-2-1-3-10-26)13-8-14-37(43)62(36)28-18-20-33-31-11-4-6-15-38(31)64-40(33)24-28/h1-25H,55-61H2. The normalized spacial score (nSPS) is 12.1. The van der Waals surface area contributed by atoms with Crippen molar-refractivity contribution in [2.75, 3.05) is 0 Å². The predicted molar refractivity (Wildman–Crippen MR) is 298 cm³/mol. The van der Waals surface area contributed by atoms with Gasteiger partial charge in [-0.25, -0.2) is 0 Å². The molecule has 0 bridgehead atoms. The Morgan fingerprint density at radius 2 is 0.877 bits per heavy atom. The smallest absolute Gasteiger partial charge is 0.141 e. The molecule has 0 fully saturated rings. The van der Waals surface area contributed by atoms with Crippen LogP contribution in [-0.4, -0.2) is 64.1 Å². The number of nitrogens with zero attached hydrogens (tertiary/aromatic N) is 2. The lowest BCUT2D eigenvalue weighted by molar-refractivity contribution is 0.668. The van der Waals surface area contributed by atoms with Gasteiger partial charge in [-0.3, -0.25) is 0 Å². The topological polar surface area (TPSA) is 36.1 Å². The maximum absolute atomic E-state index is 6.51. The summed E-state index contributed by atoms with van der Waals surface area (Å²) in [5, 5.41) is 9.65. The first kappa shape index (κ1) is 38.1. The third-order valence-electron chi connectivity index (χ3n) is 15.0. The van der Waals surface area contributed by atoms with Gasteiger partial charge in [0.05, 0.1) is 11.0 Å². The summed E-state index contributed by atoms with van der Waals surface area (Å²) in [4.78, 5) is 0. The number of hydrogen-bond donors (Lipinski definition) is 0. The van der Waals surface area contributed by atoms with Crippen LogP contribution in [0, 0.1) is 0 Å². The number of para-hydroxylation sites is 2. The summed E-state index contributed by atoms with van der Waals surface area (Å²) < 4.78 is 17.9. The van der Waals surface area contributed by atoms with Gasteiger partial charge < -0.3 is 18.0 Å². The Morgan fingerprint density at radius 1 is 0.323 bits per heavy atom. The van der Waals surface area contributed by atoms with Gasteiger partial charge in [0.1, 0.15) is 77.3 Å². The van der Waals surface area contributed by atoms with Crippen LogP contribution in [-0.2, 0) is 0 Å². The molecule has 0 saturated heterocycles. The molecule has 0 atom stereocenters. The van der Waals surface area contributed by atoms with Crippen molar-refractivity contribution in [1.29, 1.82) is 0 Å². The molecule has 4 heterocycles. The lowest BCUT2D eigenvalue weighted by atomic mass is 9.64. The van der Waals surface area contributed by atoms with Gasteiger partial charge in [-0.2, -0.15) is 0 Å². The van der Waals surface area contributed by atoms with Crippen LogP contribution in [0.2, 0.25) is 0 Å². The first-order valence-corrected chi connectivity index (χ1v) is 22.7. The lowest BCUT2D eigenvalue weighted by Gasteiger charge is -2.19. The van der Waals surface area contributed by atoms with Crippen molar-refractivity contribution in [2.45, 2.75) is 0 Å². The Balaban J connectivity index is 1.10. The summed E-state index contributed by atoms with van der Waals surface area (Å²) in [7, 11) is 16.2. The average Bonchev–Trinajstić information content (AvgIpc) is 4.09. The van der Waals surface area contributed by atoms with Crippen LogP contribution in [0.1, 0.15) is 0 Å². The molecule has 4 nitrogen and oxygen atoms in total. The van der Waals surface area contributed by atoms with E-state index in [-0.39, 0.29) is 0 Å². The van der Waals surface area contributed by atoms with Gasteiger partial charge in [-0.15, -0.1) is 5.46 Å². The molecule has 13 aromatic rings. The lowest BCUT2D eigenvalue weighted by Crippen LogP contribution is -2.48. The Labute approximate surface area is 382 Å². The zero-order chi connectivity index (χ0) is 44.0. The number of furan rings is 2. The van der Waals surface area contributed by atoms with Crippen molar-refractivity contribution in [3.05, 3.63) is 152 Å². The van der Waals surface area contributed by atoms with Crippen LogP contribution in [0.25, 0.3) is 121 Å². The SMILES string of the molecule is Bc1c(B)c(B)c2c(c1B)c1c(B)c(-c3ccc4c(c3)c3c(-c5ccccc5)cccc3n4-c3ccc4c(c3)oc3ccccc34)c(B)c(B)c1n2-c1ccc2c(c1)oc1ccccc12. The Kier molecular flexibility index (Phi) is 8.10. The van der Waals surface area contributed by atoms with E-state index in [0.717, 1.165) is 66.3 Å². The minimum Gasteiger partial charge on any atom is -0.456 e. The minimum atomic E-state index is 0.886. The van der Waals surface area contributed by atoms with Crippen LogP contribution in [0.4, 0.5) is 0 Å². The van der Waals surface area contributed by atoms with E-state index in [9.17, 15) is 0 Å². The summed E-state index contributed by atoms with van der Waals surface area (Å²) in [6.45, 7) is 0. The highest BCUT2D eigenvalue weighted by atomic mass is 16.3. The summed E-state index contributed by atoms with van der Waals surface area (Å²) in [6, 6.07) is 54.8. The zero-order valence-electron chi connectivity index (χ0n) is 37.6. The molecule has 0 amide bonds. The maximum Gasteiger partial charge on any atom is 0.141 e. The fourth-order valence-corrected chi connectivity index (χ4v) is 11.5. The number of fused-ring (bicyclic) bond motifs is 12. The Hall–Kier alpha value is -7.37. The van der Waals surface area contributed by atoms with Gasteiger partial charge in [-0.05, 0) is 82.2 Å². The van der Waals surface area contributed by atoms with Gasteiger partial charge in [-0.1, -0.05) is 118 Å². The summed E-state index contributed by atoms with van der Waals surface area (Å²) in [5.74, 6) is 0. The fraction of sp³-hybridized carbons (Fsp3) is 0. The predicted octanol–water partition coefficient (Wildman–Crippen LogP) is 2.82. The molecule has 0 spiro atoms. The second kappa shape index (κ2) is 13.8. The van der Waals surface area contributed by atoms with Crippen LogP contribution in [0.3, 0.4) is 0 Å². The minimum absolute atomic E-state index is 0.886. The van der Waals surface area contributed by atoms with E-state index >= 15 is 0 Å². The van der Waals surface area contributed by atoms with E-state index in [2.05, 4.69) is 204 Å². The number of hydrogen-bond acceptors (Lipinski definition) is 2. The Bertz CT molecular complexity index is 4220. The molecule has 4 aromatic heterocycles. The molecule has 0 aliphatic rings. The molecule has 0 saturated carbocycles. The monoisotopic (exact) mass is 824 g/mol. The largest absolute Gasteiger partial charge is 0.456 e. The number of rotatable bonds is 4. The summed E-state index contributed by atoms with van der Waals surface area (Å²) in [5.41, 5.74) is 24.8. The average molecular weight is 824 g/mol. The van der Waals surface area contributed by atoms with E-state index in [4.69, 9.17) is 8.83 Å². The van der Waals surface area contributed by atoms with Gasteiger partial charge in [0, 0.05) is 72.2 Å². The number of benzene rings is 9. The van der Waals surface area contributed by atoms with E-state index in [1.807, 2.05) is 12.1 Å². The van der Waals surface area contributed by atoms with Gasteiger partial charge in [0.25, 0.3) is 0 Å². The molecule has 0 radical (unpaired) electrons. The quantitative estimate of drug-likeness (QED) is 0.257. The molecule has 0 aliphatic carbocycles. The van der Waals surface area contributed by atoms with Crippen molar-refractivity contribution < 1.29 is 8.83 Å². The second-order valence-corrected chi connectivity index (χ2v) is 18.2. The van der Waals surface area contributed by atoms with Crippen LogP contribution in [0.15, 0.2) is 160 Å². The highest BCUT2D eigenvalue weighted by Crippen LogP contribution is 2.42. The highest BCUT2D eigenvalue weighted by molar-refractivity contribution is 6.69. The van der Waals surface area contributed by atoms with Crippen molar-refractivity contribution in [3.63, 3.8) is 0 Å². The molecule has 13 rings (SSSR count). The first-order valence-electron chi connectivity index (χ1n) is 22.7. The van der Waals surface area contributed by atoms with Crippen LogP contribution >= 0.6 is 0 Å². The molecule has 0 aliphatic heterocycles. The van der Waals surface area contributed by atoms with Crippen molar-refractivity contribution in [3.8, 4) is 33.6 Å². The first-order chi connectivity index (χ1) is 31.7. The van der Waals surface area contributed by atoms with Gasteiger partial charge in [0.2, 0.25) is 0 Å². The molecular weight excluding hydrogens is 784 g/mol. The third kappa shape index (κ3) is 5.24.